The lowest BCUT2D eigenvalue weighted by Gasteiger charge is -2.15. The quantitative estimate of drug-likeness (QED) is 0.240. The summed E-state index contributed by atoms with van der Waals surface area (Å²) in [5.74, 6) is -1.43. The Bertz CT molecular complexity index is 1030. The van der Waals surface area contributed by atoms with Crippen molar-refractivity contribution in [3.05, 3.63) is 63.2 Å². The molecule has 2 aromatic rings. The third kappa shape index (κ3) is 7.24. The smallest absolute Gasteiger partial charge is 0.340 e. The van der Waals surface area contributed by atoms with Gasteiger partial charge in [0.25, 0.3) is 11.6 Å². The summed E-state index contributed by atoms with van der Waals surface area (Å²) in [7, 11) is 0. The van der Waals surface area contributed by atoms with Crippen molar-refractivity contribution in [2.75, 3.05) is 11.1 Å². The summed E-state index contributed by atoms with van der Waals surface area (Å²) in [6, 6.07) is 10.2. The molecule has 0 aromatic heterocycles. The Kier molecular flexibility index (Phi) is 9.03. The van der Waals surface area contributed by atoms with E-state index in [0.29, 0.717) is 4.90 Å². The Labute approximate surface area is 194 Å². The molecule has 0 spiro atoms. The minimum Gasteiger partial charge on any atom is -0.449 e. The van der Waals surface area contributed by atoms with Gasteiger partial charge < -0.3 is 15.4 Å². The van der Waals surface area contributed by atoms with Gasteiger partial charge in [-0.2, -0.15) is 0 Å². The second-order valence-corrected chi connectivity index (χ2v) is 8.39. The minimum atomic E-state index is -1.17. The van der Waals surface area contributed by atoms with Crippen LogP contribution < -0.4 is 10.6 Å². The van der Waals surface area contributed by atoms with E-state index in [1.807, 2.05) is 13.8 Å². The largest absolute Gasteiger partial charge is 0.449 e. The zero-order valence-corrected chi connectivity index (χ0v) is 19.2. The number of anilines is 1. The van der Waals surface area contributed by atoms with Crippen LogP contribution in [-0.4, -0.2) is 40.6 Å². The van der Waals surface area contributed by atoms with Crippen molar-refractivity contribution in [3.8, 4) is 0 Å². The number of esters is 1. The van der Waals surface area contributed by atoms with E-state index in [9.17, 15) is 24.5 Å². The highest BCUT2D eigenvalue weighted by atomic mass is 35.5. The van der Waals surface area contributed by atoms with E-state index in [2.05, 4.69) is 10.6 Å². The number of nitro groups is 1. The first-order valence-electron chi connectivity index (χ1n) is 9.55. The molecule has 0 aliphatic rings. The molecule has 1 unspecified atom stereocenters. The Balaban J connectivity index is 2.02. The highest BCUT2D eigenvalue weighted by Crippen LogP contribution is 2.27. The molecule has 32 heavy (non-hydrogen) atoms. The summed E-state index contributed by atoms with van der Waals surface area (Å²) >= 11 is 7.16. The molecule has 2 aromatic carbocycles. The van der Waals surface area contributed by atoms with Crippen LogP contribution in [0.5, 0.6) is 0 Å². The van der Waals surface area contributed by atoms with Crippen molar-refractivity contribution in [1.29, 1.82) is 0 Å². The number of nitro benzene ring substituents is 1. The highest BCUT2D eigenvalue weighted by molar-refractivity contribution is 8.00. The number of hydrogen-bond donors (Lipinski definition) is 2. The number of benzene rings is 2. The topological polar surface area (TPSA) is 128 Å². The number of halogens is 1. The molecule has 0 bridgehead atoms. The van der Waals surface area contributed by atoms with Crippen molar-refractivity contribution in [3.63, 3.8) is 0 Å². The second kappa shape index (κ2) is 11.5. The molecule has 11 heteroatoms. The van der Waals surface area contributed by atoms with Gasteiger partial charge in [0.1, 0.15) is 0 Å². The van der Waals surface area contributed by atoms with E-state index in [1.54, 1.807) is 24.3 Å². The number of non-ortho nitro benzene ring substituents is 1. The van der Waals surface area contributed by atoms with Gasteiger partial charge in [0, 0.05) is 23.1 Å². The van der Waals surface area contributed by atoms with Gasteiger partial charge in [-0.25, -0.2) is 4.79 Å². The zero-order valence-electron chi connectivity index (χ0n) is 17.6. The summed E-state index contributed by atoms with van der Waals surface area (Å²) in [6.45, 7) is 5.09. The molecule has 2 N–H and O–H groups in total. The number of amides is 2. The van der Waals surface area contributed by atoms with E-state index < -0.39 is 22.9 Å². The lowest BCUT2D eigenvalue weighted by molar-refractivity contribution is -0.384. The molecular weight excluding hydrogens is 458 g/mol. The maximum atomic E-state index is 12.6. The molecule has 2 rings (SSSR count). The van der Waals surface area contributed by atoms with E-state index in [1.165, 1.54) is 30.8 Å². The van der Waals surface area contributed by atoms with Gasteiger partial charge in [-0.3, -0.25) is 19.7 Å². The predicted octanol–water partition coefficient (Wildman–Crippen LogP) is 4.05. The fourth-order valence-electron chi connectivity index (χ4n) is 2.50. The average molecular weight is 480 g/mol. The van der Waals surface area contributed by atoms with Crippen LogP contribution >= 0.6 is 23.4 Å². The lowest BCUT2D eigenvalue weighted by atomic mass is 10.2. The number of carbonyl (C=O) groups is 3. The van der Waals surface area contributed by atoms with Gasteiger partial charge in [0.15, 0.2) is 6.10 Å². The summed E-state index contributed by atoms with van der Waals surface area (Å²) in [5, 5.41) is 16.0. The fraction of sp³-hybridized carbons (Fsp3) is 0.286. The van der Waals surface area contributed by atoms with Gasteiger partial charge in [0.2, 0.25) is 5.91 Å². The summed E-state index contributed by atoms with van der Waals surface area (Å²) in [5.41, 5.74) is 0.156. The summed E-state index contributed by atoms with van der Waals surface area (Å²) in [6.07, 6.45) is -1.17. The third-order valence-corrected chi connectivity index (χ3v) is 5.38. The molecule has 0 heterocycles. The second-order valence-electron chi connectivity index (χ2n) is 6.97. The lowest BCUT2D eigenvalue weighted by Crippen LogP contribution is -2.31. The van der Waals surface area contributed by atoms with Crippen molar-refractivity contribution >= 4 is 52.5 Å². The monoisotopic (exact) mass is 479 g/mol. The number of nitrogens with zero attached hydrogens (tertiary/aromatic N) is 1. The molecule has 0 aliphatic carbocycles. The molecule has 0 fully saturated rings. The van der Waals surface area contributed by atoms with Crippen LogP contribution in [0.25, 0.3) is 0 Å². The molecule has 2 amide bonds. The highest BCUT2D eigenvalue weighted by Gasteiger charge is 2.22. The first-order valence-corrected chi connectivity index (χ1v) is 10.9. The van der Waals surface area contributed by atoms with Crippen LogP contribution in [0, 0.1) is 10.1 Å². The standard InChI is InChI=1S/C21H22ClN3O6S/c1-12(2)23-19(26)11-32-18-7-5-4-6-15(18)21(28)31-13(3)20(27)24-17-9-8-14(25(29)30)10-16(17)22/h4-10,12-13H,11H2,1-3H3,(H,23,26)(H,24,27). The predicted molar refractivity (Wildman–Crippen MR) is 122 cm³/mol. The van der Waals surface area contributed by atoms with E-state index >= 15 is 0 Å². The maximum absolute atomic E-state index is 12.6. The van der Waals surface area contributed by atoms with Gasteiger partial charge in [0.05, 0.1) is 26.9 Å². The van der Waals surface area contributed by atoms with Gasteiger partial charge in [-0.1, -0.05) is 23.7 Å². The number of rotatable bonds is 9. The third-order valence-electron chi connectivity index (χ3n) is 3.99. The van der Waals surface area contributed by atoms with Crippen LogP contribution in [0.2, 0.25) is 5.02 Å². The molecule has 170 valence electrons. The molecule has 0 radical (unpaired) electrons. The molecule has 0 aliphatic heterocycles. The molecule has 1 atom stereocenters. The Hall–Kier alpha value is -3.11. The van der Waals surface area contributed by atoms with E-state index in [4.69, 9.17) is 16.3 Å². The molecule has 9 nitrogen and oxygen atoms in total. The van der Waals surface area contributed by atoms with Gasteiger partial charge >= 0.3 is 5.97 Å². The zero-order chi connectivity index (χ0) is 23.8. The average Bonchev–Trinajstić information content (AvgIpc) is 2.73. The molecular formula is C21H22ClN3O6S. The van der Waals surface area contributed by atoms with Crippen LogP contribution in [0.15, 0.2) is 47.4 Å². The van der Waals surface area contributed by atoms with Gasteiger partial charge in [-0.05, 0) is 39.0 Å². The number of ether oxygens (including phenoxy) is 1. The molecule has 0 saturated heterocycles. The van der Waals surface area contributed by atoms with Crippen molar-refractivity contribution in [2.45, 2.75) is 37.8 Å². The summed E-state index contributed by atoms with van der Waals surface area (Å²) < 4.78 is 5.27. The van der Waals surface area contributed by atoms with Crippen LogP contribution in [-0.2, 0) is 14.3 Å². The SMILES string of the molecule is CC(C)NC(=O)CSc1ccccc1C(=O)OC(C)C(=O)Nc1ccc([N+](=O)[O-])cc1Cl. The minimum absolute atomic E-state index is 0.00641. The van der Waals surface area contributed by atoms with Crippen molar-refractivity contribution in [2.24, 2.45) is 0 Å². The number of carbonyl (C=O) groups excluding carboxylic acids is 3. The molecule has 0 saturated carbocycles. The number of hydrogen-bond acceptors (Lipinski definition) is 7. The Morgan fingerprint density at radius 3 is 2.47 bits per heavy atom. The van der Waals surface area contributed by atoms with Crippen molar-refractivity contribution < 1.29 is 24.0 Å². The van der Waals surface area contributed by atoms with E-state index in [-0.39, 0.29) is 39.7 Å². The first-order chi connectivity index (χ1) is 15.1. The number of nitrogens with one attached hydrogen (secondary N) is 2. The fourth-order valence-corrected chi connectivity index (χ4v) is 3.57. The van der Waals surface area contributed by atoms with Gasteiger partial charge in [-0.15, -0.1) is 11.8 Å². The normalized spacial score (nSPS) is 11.5. The maximum Gasteiger partial charge on any atom is 0.340 e. The Morgan fingerprint density at radius 1 is 1.16 bits per heavy atom. The van der Waals surface area contributed by atoms with Crippen LogP contribution in [0.3, 0.4) is 0 Å². The van der Waals surface area contributed by atoms with Crippen LogP contribution in [0.4, 0.5) is 11.4 Å². The number of thioether (sulfide) groups is 1. The Morgan fingerprint density at radius 2 is 1.84 bits per heavy atom. The van der Waals surface area contributed by atoms with E-state index in [0.717, 1.165) is 6.07 Å². The van der Waals surface area contributed by atoms with Crippen molar-refractivity contribution in [1.82, 2.24) is 5.32 Å². The van der Waals surface area contributed by atoms with Crippen LogP contribution in [0.1, 0.15) is 31.1 Å². The summed E-state index contributed by atoms with van der Waals surface area (Å²) in [4.78, 5) is 47.6. The first kappa shape index (κ1) is 25.2.